The molecular formula is C15H25Cl2N3O2. The molecule has 1 aromatic rings. The molecule has 1 aliphatic rings. The van der Waals surface area contributed by atoms with Crippen LogP contribution in [0.5, 0.6) is 5.75 Å². The van der Waals surface area contributed by atoms with Crippen LogP contribution in [0.3, 0.4) is 0 Å². The van der Waals surface area contributed by atoms with Crippen molar-refractivity contribution >= 4 is 30.7 Å². The van der Waals surface area contributed by atoms with E-state index in [1.54, 1.807) is 7.11 Å². The molecule has 1 aromatic carbocycles. The Balaban J connectivity index is 0.00000220. The monoisotopic (exact) mass is 349 g/mol. The van der Waals surface area contributed by atoms with Gasteiger partial charge < -0.3 is 15.8 Å². The molecule has 0 radical (unpaired) electrons. The molecule has 1 aliphatic heterocycles. The van der Waals surface area contributed by atoms with E-state index in [0.717, 1.165) is 18.8 Å². The number of benzene rings is 1. The summed E-state index contributed by atoms with van der Waals surface area (Å²) in [7, 11) is 1.67. The number of carbonyl (C=O) groups is 1. The van der Waals surface area contributed by atoms with Crippen molar-refractivity contribution in [3.8, 4) is 5.75 Å². The first-order valence-corrected chi connectivity index (χ1v) is 7.09. The lowest BCUT2D eigenvalue weighted by Crippen LogP contribution is -2.39. The molecule has 1 unspecified atom stereocenters. The maximum Gasteiger partial charge on any atom is 0.233 e. The van der Waals surface area contributed by atoms with E-state index in [1.807, 2.05) is 18.2 Å². The van der Waals surface area contributed by atoms with E-state index in [1.165, 1.54) is 18.4 Å². The van der Waals surface area contributed by atoms with Gasteiger partial charge in [-0.3, -0.25) is 9.69 Å². The fraction of sp³-hybridized carbons (Fsp3) is 0.533. The first-order chi connectivity index (χ1) is 9.74. The van der Waals surface area contributed by atoms with Gasteiger partial charge in [-0.15, -0.1) is 24.8 Å². The molecule has 22 heavy (non-hydrogen) atoms. The van der Waals surface area contributed by atoms with E-state index >= 15 is 0 Å². The molecule has 0 aromatic heterocycles. The van der Waals surface area contributed by atoms with Gasteiger partial charge in [0.25, 0.3) is 0 Å². The first kappa shape index (κ1) is 21.0. The molecule has 1 heterocycles. The third kappa shape index (κ3) is 5.65. The number of rotatable bonds is 6. The molecule has 0 aliphatic carbocycles. The normalized spacial score (nSPS) is 15.4. The fourth-order valence-corrected chi connectivity index (χ4v) is 2.64. The lowest BCUT2D eigenvalue weighted by molar-refractivity contribution is -0.119. The number of nitrogens with zero attached hydrogens (tertiary/aromatic N) is 1. The van der Waals surface area contributed by atoms with Gasteiger partial charge in [0.15, 0.2) is 0 Å². The van der Waals surface area contributed by atoms with Gasteiger partial charge in [0.1, 0.15) is 5.75 Å². The first-order valence-electron chi connectivity index (χ1n) is 7.09. The van der Waals surface area contributed by atoms with Crippen LogP contribution in [0.2, 0.25) is 0 Å². The quantitative estimate of drug-likeness (QED) is 0.820. The molecule has 0 saturated carbocycles. The molecule has 1 amide bonds. The average molecular weight is 350 g/mol. The summed E-state index contributed by atoms with van der Waals surface area (Å²) in [6, 6.07) is 8.23. The summed E-state index contributed by atoms with van der Waals surface area (Å²) in [5, 5.41) is 2.90. The van der Waals surface area contributed by atoms with E-state index < -0.39 is 0 Å². The average Bonchev–Trinajstić information content (AvgIpc) is 3.01. The van der Waals surface area contributed by atoms with Crippen molar-refractivity contribution in [1.82, 2.24) is 10.2 Å². The van der Waals surface area contributed by atoms with Gasteiger partial charge in [0, 0.05) is 6.54 Å². The van der Waals surface area contributed by atoms with E-state index in [-0.39, 0.29) is 43.3 Å². The Morgan fingerprint density at radius 3 is 2.64 bits per heavy atom. The van der Waals surface area contributed by atoms with Crippen LogP contribution in [0.4, 0.5) is 0 Å². The Hall–Kier alpha value is -1.01. The van der Waals surface area contributed by atoms with Crippen molar-refractivity contribution in [2.75, 3.05) is 33.3 Å². The lowest BCUT2D eigenvalue weighted by atomic mass is 10.0. The lowest BCUT2D eigenvalue weighted by Gasteiger charge is -2.28. The number of nitrogens with two attached hydrogens (primary N) is 1. The highest BCUT2D eigenvalue weighted by molar-refractivity contribution is 5.85. The second-order valence-corrected chi connectivity index (χ2v) is 5.04. The van der Waals surface area contributed by atoms with Crippen molar-refractivity contribution in [1.29, 1.82) is 0 Å². The second kappa shape index (κ2) is 10.7. The Bertz CT molecular complexity index is 454. The molecule has 0 spiro atoms. The molecule has 1 atom stereocenters. The summed E-state index contributed by atoms with van der Waals surface area (Å²) < 4.78 is 5.29. The number of methoxy groups -OCH3 is 1. The fourth-order valence-electron chi connectivity index (χ4n) is 2.64. The number of halogens is 2. The zero-order valence-corrected chi connectivity index (χ0v) is 14.4. The molecule has 3 N–H and O–H groups in total. The Morgan fingerprint density at radius 2 is 2.05 bits per heavy atom. The van der Waals surface area contributed by atoms with Crippen LogP contribution in [0.15, 0.2) is 24.3 Å². The molecular weight excluding hydrogens is 325 g/mol. The zero-order valence-electron chi connectivity index (χ0n) is 12.8. The number of hydrogen-bond donors (Lipinski definition) is 2. The molecule has 7 heteroatoms. The highest BCUT2D eigenvalue weighted by atomic mass is 35.5. The van der Waals surface area contributed by atoms with Gasteiger partial charge in [-0.25, -0.2) is 0 Å². The minimum atomic E-state index is -0.114. The summed E-state index contributed by atoms with van der Waals surface area (Å²) in [5.41, 5.74) is 6.52. The number of nitrogens with one attached hydrogen (secondary N) is 1. The van der Waals surface area contributed by atoms with Gasteiger partial charge in [-0.1, -0.05) is 12.1 Å². The summed E-state index contributed by atoms with van der Waals surface area (Å²) in [6.45, 7) is 2.76. The number of amides is 1. The van der Waals surface area contributed by atoms with Crippen molar-refractivity contribution in [2.24, 2.45) is 5.73 Å². The highest BCUT2D eigenvalue weighted by Gasteiger charge is 2.24. The Kier molecular flexibility index (Phi) is 10.2. The van der Waals surface area contributed by atoms with Crippen molar-refractivity contribution in [2.45, 2.75) is 18.9 Å². The predicted molar refractivity (Wildman–Crippen MR) is 93.1 cm³/mol. The molecule has 126 valence electrons. The minimum Gasteiger partial charge on any atom is -0.497 e. The maximum atomic E-state index is 11.4. The number of likely N-dealkylation sites (tertiary alicyclic amines) is 1. The second-order valence-electron chi connectivity index (χ2n) is 5.04. The summed E-state index contributed by atoms with van der Waals surface area (Å²) >= 11 is 0. The van der Waals surface area contributed by atoms with E-state index in [4.69, 9.17) is 10.5 Å². The molecule has 2 rings (SSSR count). The van der Waals surface area contributed by atoms with E-state index in [0.29, 0.717) is 6.54 Å². The SMILES string of the molecule is COc1cccc(C(CNC(=O)CN)N2CCCC2)c1.Cl.Cl. The van der Waals surface area contributed by atoms with Crippen molar-refractivity contribution in [3.63, 3.8) is 0 Å². The van der Waals surface area contributed by atoms with Crippen LogP contribution in [0.1, 0.15) is 24.4 Å². The topological polar surface area (TPSA) is 67.6 Å². The van der Waals surface area contributed by atoms with Crippen LogP contribution in [0, 0.1) is 0 Å². The zero-order chi connectivity index (χ0) is 14.4. The molecule has 5 nitrogen and oxygen atoms in total. The number of carbonyl (C=O) groups excluding carboxylic acids is 1. The van der Waals surface area contributed by atoms with Crippen molar-refractivity contribution in [3.05, 3.63) is 29.8 Å². The Morgan fingerprint density at radius 1 is 1.36 bits per heavy atom. The summed E-state index contributed by atoms with van der Waals surface area (Å²) in [5.74, 6) is 0.731. The van der Waals surface area contributed by atoms with Gasteiger partial charge in [0.2, 0.25) is 5.91 Å². The number of ether oxygens (including phenoxy) is 1. The minimum absolute atomic E-state index is 0. The van der Waals surface area contributed by atoms with Crippen LogP contribution >= 0.6 is 24.8 Å². The summed E-state index contributed by atoms with van der Waals surface area (Å²) in [6.07, 6.45) is 2.43. The standard InChI is InChI=1S/C15H23N3O2.2ClH/c1-20-13-6-4-5-12(9-13)14(11-17-15(19)10-16)18-7-2-3-8-18;;/h4-6,9,14H,2-3,7-8,10-11,16H2,1H3,(H,17,19);2*1H. The van der Waals surface area contributed by atoms with Crippen LogP contribution in [0.25, 0.3) is 0 Å². The van der Waals surface area contributed by atoms with E-state index in [9.17, 15) is 4.79 Å². The third-order valence-electron chi connectivity index (χ3n) is 3.74. The van der Waals surface area contributed by atoms with Gasteiger partial charge in [-0.2, -0.15) is 0 Å². The maximum absolute atomic E-state index is 11.4. The Labute approximate surface area is 144 Å². The summed E-state index contributed by atoms with van der Waals surface area (Å²) in [4.78, 5) is 13.8. The molecule has 0 bridgehead atoms. The van der Waals surface area contributed by atoms with Crippen LogP contribution < -0.4 is 15.8 Å². The van der Waals surface area contributed by atoms with Crippen molar-refractivity contribution < 1.29 is 9.53 Å². The van der Waals surface area contributed by atoms with E-state index in [2.05, 4.69) is 16.3 Å². The largest absolute Gasteiger partial charge is 0.497 e. The van der Waals surface area contributed by atoms with Crippen LogP contribution in [-0.4, -0.2) is 44.1 Å². The van der Waals surface area contributed by atoms with Gasteiger partial charge in [-0.05, 0) is 43.6 Å². The predicted octanol–water partition coefficient (Wildman–Crippen LogP) is 1.75. The van der Waals surface area contributed by atoms with Gasteiger partial charge in [0.05, 0.1) is 19.7 Å². The highest BCUT2D eigenvalue weighted by Crippen LogP contribution is 2.27. The van der Waals surface area contributed by atoms with Gasteiger partial charge >= 0.3 is 0 Å². The third-order valence-corrected chi connectivity index (χ3v) is 3.74. The molecule has 1 saturated heterocycles. The van der Waals surface area contributed by atoms with Crippen LogP contribution in [-0.2, 0) is 4.79 Å². The number of hydrogen-bond acceptors (Lipinski definition) is 4. The molecule has 1 fully saturated rings. The smallest absolute Gasteiger partial charge is 0.233 e.